The van der Waals surface area contributed by atoms with Crippen molar-refractivity contribution in [3.63, 3.8) is 0 Å². The highest BCUT2D eigenvalue weighted by Gasteiger charge is 2.25. The molecule has 0 aliphatic carbocycles. The number of nitrogens with two attached hydrogens (primary N) is 1. The van der Waals surface area contributed by atoms with Crippen LogP contribution in [-0.2, 0) is 11.2 Å². The molecule has 1 saturated heterocycles. The first-order valence-electron chi connectivity index (χ1n) is 10.2. The normalized spacial score (nSPS) is 14.5. The Bertz CT molecular complexity index is 1220. The first-order chi connectivity index (χ1) is 15.5. The minimum absolute atomic E-state index is 0.00983. The largest absolute Gasteiger partial charge is 0.336 e. The van der Waals surface area contributed by atoms with Crippen molar-refractivity contribution in [2.45, 2.75) is 6.42 Å². The number of carbonyl (C=O) groups is 2. The number of aromatic nitrogens is 2. The van der Waals surface area contributed by atoms with Crippen molar-refractivity contribution in [1.82, 2.24) is 25.4 Å². The van der Waals surface area contributed by atoms with Crippen molar-refractivity contribution >= 4 is 22.6 Å². The molecule has 2 aromatic carbocycles. The summed E-state index contributed by atoms with van der Waals surface area (Å²) in [7, 11) is 0. The summed E-state index contributed by atoms with van der Waals surface area (Å²) in [4.78, 5) is 39.8. The van der Waals surface area contributed by atoms with E-state index in [-0.39, 0.29) is 23.6 Å². The Hall–Kier alpha value is -3.63. The van der Waals surface area contributed by atoms with Crippen LogP contribution < -0.4 is 16.8 Å². The van der Waals surface area contributed by atoms with Crippen LogP contribution in [0.15, 0.2) is 47.3 Å². The molecule has 1 aliphatic rings. The topological polar surface area (TPSA) is 124 Å². The van der Waals surface area contributed by atoms with Crippen LogP contribution in [0.25, 0.3) is 10.8 Å². The first kappa shape index (κ1) is 21.6. The molecule has 1 fully saturated rings. The highest BCUT2D eigenvalue weighted by Crippen LogP contribution is 2.20. The van der Waals surface area contributed by atoms with E-state index < -0.39 is 11.7 Å². The van der Waals surface area contributed by atoms with E-state index in [1.54, 1.807) is 23.1 Å². The van der Waals surface area contributed by atoms with Gasteiger partial charge < -0.3 is 4.90 Å². The van der Waals surface area contributed by atoms with E-state index >= 15 is 0 Å². The lowest BCUT2D eigenvalue weighted by molar-refractivity contribution is -0.122. The minimum atomic E-state index is -0.594. The number of nitrogens with zero attached hydrogens (tertiary/aromatic N) is 3. The van der Waals surface area contributed by atoms with Gasteiger partial charge in [0.05, 0.1) is 23.2 Å². The summed E-state index contributed by atoms with van der Waals surface area (Å²) < 4.78 is 14.5. The fourth-order valence-electron chi connectivity index (χ4n) is 3.87. The number of fused-ring (bicyclic) bond motifs is 1. The maximum atomic E-state index is 14.5. The maximum Gasteiger partial charge on any atom is 0.272 e. The number of carbonyl (C=O) groups excluding carboxylic acids is 2. The molecule has 4 rings (SSSR count). The molecule has 0 unspecified atom stereocenters. The van der Waals surface area contributed by atoms with E-state index in [0.29, 0.717) is 54.6 Å². The lowest BCUT2D eigenvalue weighted by Crippen LogP contribution is -2.51. The molecule has 0 radical (unpaired) electrons. The second kappa shape index (κ2) is 9.25. The van der Waals surface area contributed by atoms with Gasteiger partial charge in [0.25, 0.3) is 11.5 Å². The molecule has 166 valence electrons. The third-order valence-electron chi connectivity index (χ3n) is 5.60. The van der Waals surface area contributed by atoms with E-state index in [1.165, 1.54) is 12.1 Å². The molecule has 10 heteroatoms. The molecule has 4 N–H and O–H groups in total. The lowest BCUT2D eigenvalue weighted by Gasteiger charge is -2.34. The maximum absolute atomic E-state index is 14.5. The van der Waals surface area contributed by atoms with Gasteiger partial charge in [0, 0.05) is 38.0 Å². The molecule has 2 amide bonds. The number of halogens is 1. The summed E-state index contributed by atoms with van der Waals surface area (Å²) in [6, 6.07) is 11.5. The standard InChI is InChI=1S/C22H23FN6O3/c23-18-6-5-14(12-19-15-3-1-2-4-16(15)21(31)27-26-19)11-17(18)22(32)29-9-7-28(8-10-29)13-20(30)25-24/h1-6,11H,7-10,12-13,24H2,(H,25,30)(H,27,31). The minimum Gasteiger partial charge on any atom is -0.336 e. The van der Waals surface area contributed by atoms with Crippen molar-refractivity contribution in [1.29, 1.82) is 0 Å². The van der Waals surface area contributed by atoms with Crippen molar-refractivity contribution < 1.29 is 14.0 Å². The average molecular weight is 438 g/mol. The van der Waals surface area contributed by atoms with E-state index in [0.717, 1.165) is 0 Å². The summed E-state index contributed by atoms with van der Waals surface area (Å²) >= 11 is 0. The van der Waals surface area contributed by atoms with Crippen LogP contribution >= 0.6 is 0 Å². The van der Waals surface area contributed by atoms with Gasteiger partial charge in [-0.05, 0) is 23.8 Å². The van der Waals surface area contributed by atoms with Crippen LogP contribution in [0.2, 0.25) is 0 Å². The number of nitrogens with one attached hydrogen (secondary N) is 2. The Balaban J connectivity index is 1.51. The number of hydrogen-bond donors (Lipinski definition) is 3. The summed E-state index contributed by atoms with van der Waals surface area (Å²) in [6.07, 6.45) is 0.333. The predicted octanol–water partition coefficient (Wildman–Crippen LogP) is 0.401. The average Bonchev–Trinajstić information content (AvgIpc) is 2.82. The fraction of sp³-hybridized carbons (Fsp3) is 0.273. The lowest BCUT2D eigenvalue weighted by atomic mass is 10.0. The van der Waals surface area contributed by atoms with Gasteiger partial charge in [0.2, 0.25) is 5.91 Å². The van der Waals surface area contributed by atoms with E-state index in [1.807, 2.05) is 17.0 Å². The second-order valence-corrected chi connectivity index (χ2v) is 7.67. The third-order valence-corrected chi connectivity index (χ3v) is 5.60. The summed E-state index contributed by atoms with van der Waals surface area (Å²) in [5.74, 6) is 3.82. The second-order valence-electron chi connectivity index (χ2n) is 7.67. The van der Waals surface area contributed by atoms with Gasteiger partial charge in [0.1, 0.15) is 5.82 Å². The van der Waals surface area contributed by atoms with Crippen LogP contribution in [0.1, 0.15) is 21.6 Å². The van der Waals surface area contributed by atoms with Crippen molar-refractivity contribution in [2.24, 2.45) is 5.84 Å². The van der Waals surface area contributed by atoms with Gasteiger partial charge in [0.15, 0.2) is 0 Å². The van der Waals surface area contributed by atoms with Crippen LogP contribution in [0, 0.1) is 5.82 Å². The molecular weight excluding hydrogens is 415 g/mol. The smallest absolute Gasteiger partial charge is 0.272 e. The Labute approximate surface area is 183 Å². The van der Waals surface area contributed by atoms with Gasteiger partial charge in [-0.2, -0.15) is 5.10 Å². The highest BCUT2D eigenvalue weighted by molar-refractivity contribution is 5.95. The molecule has 2 heterocycles. The summed E-state index contributed by atoms with van der Waals surface area (Å²) in [6.45, 7) is 1.91. The number of H-pyrrole nitrogens is 1. The number of aromatic amines is 1. The molecule has 0 saturated carbocycles. The summed E-state index contributed by atoms with van der Waals surface area (Å²) in [5.41, 5.74) is 3.14. The molecule has 1 aromatic heterocycles. The number of rotatable bonds is 5. The number of benzene rings is 2. The fourth-order valence-corrected chi connectivity index (χ4v) is 3.87. The highest BCUT2D eigenvalue weighted by atomic mass is 19.1. The molecule has 9 nitrogen and oxygen atoms in total. The van der Waals surface area contributed by atoms with Crippen molar-refractivity contribution in [3.8, 4) is 0 Å². The van der Waals surface area contributed by atoms with Crippen molar-refractivity contribution in [2.75, 3.05) is 32.7 Å². The van der Waals surface area contributed by atoms with Gasteiger partial charge >= 0.3 is 0 Å². The monoisotopic (exact) mass is 438 g/mol. The third kappa shape index (κ3) is 4.51. The molecular formula is C22H23FN6O3. The van der Waals surface area contributed by atoms with Gasteiger partial charge in [-0.3, -0.25) is 24.7 Å². The quantitative estimate of drug-likeness (QED) is 0.301. The number of amides is 2. The Morgan fingerprint density at radius 1 is 1.09 bits per heavy atom. The van der Waals surface area contributed by atoms with Crippen LogP contribution in [0.3, 0.4) is 0 Å². The zero-order chi connectivity index (χ0) is 22.7. The van der Waals surface area contributed by atoms with E-state index in [4.69, 9.17) is 5.84 Å². The van der Waals surface area contributed by atoms with Gasteiger partial charge in [-0.1, -0.05) is 24.3 Å². The summed E-state index contributed by atoms with van der Waals surface area (Å²) in [5, 5.41) is 7.88. The van der Waals surface area contributed by atoms with Gasteiger partial charge in [-0.25, -0.2) is 15.3 Å². The SMILES string of the molecule is NNC(=O)CN1CCN(C(=O)c2cc(Cc3n[nH]c(=O)c4ccccc34)ccc2F)CC1. The Kier molecular flexibility index (Phi) is 6.24. The number of piperazine rings is 1. The molecule has 0 bridgehead atoms. The zero-order valence-electron chi connectivity index (χ0n) is 17.3. The predicted molar refractivity (Wildman–Crippen MR) is 116 cm³/mol. The zero-order valence-corrected chi connectivity index (χ0v) is 17.3. The molecule has 32 heavy (non-hydrogen) atoms. The molecule has 0 spiro atoms. The van der Waals surface area contributed by atoms with E-state index in [9.17, 15) is 18.8 Å². The van der Waals surface area contributed by atoms with Crippen LogP contribution in [0.4, 0.5) is 4.39 Å². The number of hydrazine groups is 1. The Morgan fingerprint density at radius 2 is 1.81 bits per heavy atom. The van der Waals surface area contributed by atoms with E-state index in [2.05, 4.69) is 15.6 Å². The molecule has 3 aromatic rings. The van der Waals surface area contributed by atoms with Gasteiger partial charge in [-0.15, -0.1) is 0 Å². The Morgan fingerprint density at radius 3 is 2.53 bits per heavy atom. The van der Waals surface area contributed by atoms with Crippen molar-refractivity contribution in [3.05, 3.63) is 75.5 Å². The molecule has 1 aliphatic heterocycles. The number of hydrogen-bond acceptors (Lipinski definition) is 6. The van der Waals surface area contributed by atoms with Crippen LogP contribution in [0.5, 0.6) is 0 Å². The molecule has 0 atom stereocenters. The van der Waals surface area contributed by atoms with Crippen LogP contribution in [-0.4, -0.2) is 64.5 Å². The first-order valence-corrected chi connectivity index (χ1v) is 10.2.